The van der Waals surface area contributed by atoms with Crippen molar-refractivity contribution < 1.29 is 32.2 Å². The molecule has 0 saturated carbocycles. The molecule has 2 aromatic carbocycles. The van der Waals surface area contributed by atoms with Crippen LogP contribution in [0.25, 0.3) is 0 Å². The van der Waals surface area contributed by atoms with Gasteiger partial charge in [0.2, 0.25) is 15.8 Å². The maximum atomic E-state index is 12.5. The zero-order valence-corrected chi connectivity index (χ0v) is 18.9. The van der Waals surface area contributed by atoms with E-state index in [1.54, 1.807) is 24.3 Å². The average Bonchev–Trinajstić information content (AvgIpc) is 2.71. The van der Waals surface area contributed by atoms with Crippen LogP contribution in [0.2, 0.25) is 0 Å². The number of hydrogen-bond donors (Lipinski definition) is 0. The van der Waals surface area contributed by atoms with Gasteiger partial charge in [-0.2, -0.15) is 4.31 Å². The molecule has 0 radical (unpaired) electrons. The summed E-state index contributed by atoms with van der Waals surface area (Å²) in [5, 5.41) is 0. The number of benzene rings is 2. The number of carbonyl (C=O) groups excluding carboxylic acids is 1. The summed E-state index contributed by atoms with van der Waals surface area (Å²) in [7, 11) is 1.96. The van der Waals surface area contributed by atoms with Gasteiger partial charge in [0.1, 0.15) is 13.2 Å². The summed E-state index contributed by atoms with van der Waals surface area (Å²) in [4.78, 5) is 12.3. The second kappa shape index (κ2) is 9.95. The number of esters is 1. The summed E-state index contributed by atoms with van der Waals surface area (Å²) in [5.74, 6) is 0.577. The predicted octanol–water partition coefficient (Wildman–Crippen LogP) is 2.84. The third kappa shape index (κ3) is 5.62. The van der Waals surface area contributed by atoms with Gasteiger partial charge in [-0.1, -0.05) is 15.9 Å². The van der Waals surface area contributed by atoms with E-state index in [1.165, 1.54) is 40.5 Å². The first kappa shape index (κ1) is 23.0. The average molecular weight is 488 g/mol. The summed E-state index contributed by atoms with van der Waals surface area (Å²) in [6.45, 7) is -0.509. The molecule has 0 unspecified atom stereocenters. The number of nitrogens with zero attached hydrogens (tertiary/aromatic N) is 1. The van der Waals surface area contributed by atoms with Gasteiger partial charge in [0.15, 0.2) is 11.5 Å². The fourth-order valence-electron chi connectivity index (χ4n) is 2.48. The van der Waals surface area contributed by atoms with Crippen LogP contribution in [0.5, 0.6) is 17.2 Å². The first-order chi connectivity index (χ1) is 13.7. The molecule has 0 aliphatic carbocycles. The van der Waals surface area contributed by atoms with Crippen LogP contribution < -0.4 is 14.2 Å². The highest BCUT2D eigenvalue weighted by molar-refractivity contribution is 9.10. The number of carbonyl (C=O) groups is 1. The van der Waals surface area contributed by atoms with Crippen LogP contribution in [0, 0.1) is 0 Å². The van der Waals surface area contributed by atoms with E-state index >= 15 is 0 Å². The molecule has 158 valence electrons. The summed E-state index contributed by atoms with van der Waals surface area (Å²) in [6.07, 6.45) is 0. The molecular formula is C19H22BrNO7S. The Kier molecular flexibility index (Phi) is 7.88. The molecule has 0 atom stereocenters. The van der Waals surface area contributed by atoms with Crippen molar-refractivity contribution in [2.24, 2.45) is 0 Å². The molecule has 0 N–H and O–H groups in total. The minimum atomic E-state index is -3.81. The molecule has 0 fully saturated rings. The maximum Gasteiger partial charge on any atom is 0.321 e. The summed E-state index contributed by atoms with van der Waals surface area (Å²) in [5.41, 5.74) is 0.603. The molecule has 0 amide bonds. The zero-order valence-electron chi connectivity index (χ0n) is 16.5. The van der Waals surface area contributed by atoms with Crippen LogP contribution >= 0.6 is 15.9 Å². The Bertz CT molecular complexity index is 936. The van der Waals surface area contributed by atoms with E-state index in [0.29, 0.717) is 22.8 Å². The molecule has 0 aromatic heterocycles. The Balaban J connectivity index is 2.05. The fourth-order valence-corrected chi connectivity index (χ4v) is 3.86. The standard InChI is InChI=1S/C19H22BrNO7S/c1-21(29(23,24)15-7-5-14(20)6-8-15)11-18(22)28-12-13-9-16(25-2)19(27-4)17(10-13)26-3/h5-10H,11-12H2,1-4H3. The molecule has 0 spiro atoms. The lowest BCUT2D eigenvalue weighted by molar-refractivity contribution is -0.144. The van der Waals surface area contributed by atoms with Crippen LogP contribution in [0.15, 0.2) is 45.8 Å². The highest BCUT2D eigenvalue weighted by Crippen LogP contribution is 2.38. The SMILES string of the molecule is COc1cc(COC(=O)CN(C)S(=O)(=O)c2ccc(Br)cc2)cc(OC)c1OC. The van der Waals surface area contributed by atoms with Gasteiger partial charge in [-0.05, 0) is 42.0 Å². The number of methoxy groups -OCH3 is 3. The van der Waals surface area contributed by atoms with Gasteiger partial charge in [-0.3, -0.25) is 4.79 Å². The van der Waals surface area contributed by atoms with Crippen LogP contribution in [-0.2, 0) is 26.2 Å². The lowest BCUT2D eigenvalue weighted by Gasteiger charge is -2.17. The van der Waals surface area contributed by atoms with Crippen molar-refractivity contribution in [1.82, 2.24) is 4.31 Å². The predicted molar refractivity (Wildman–Crippen MR) is 110 cm³/mol. The van der Waals surface area contributed by atoms with Gasteiger partial charge in [-0.15, -0.1) is 0 Å². The number of halogens is 1. The first-order valence-electron chi connectivity index (χ1n) is 8.39. The van der Waals surface area contributed by atoms with Crippen molar-refractivity contribution >= 4 is 31.9 Å². The van der Waals surface area contributed by atoms with E-state index in [2.05, 4.69) is 15.9 Å². The molecule has 2 rings (SSSR count). The minimum Gasteiger partial charge on any atom is -0.493 e. The second-order valence-electron chi connectivity index (χ2n) is 5.91. The third-order valence-corrected chi connectivity index (χ3v) is 6.34. The topological polar surface area (TPSA) is 91.4 Å². The van der Waals surface area contributed by atoms with Gasteiger partial charge >= 0.3 is 5.97 Å². The van der Waals surface area contributed by atoms with Gasteiger partial charge in [0.25, 0.3) is 0 Å². The second-order valence-corrected chi connectivity index (χ2v) is 8.87. The van der Waals surface area contributed by atoms with E-state index in [-0.39, 0.29) is 11.5 Å². The van der Waals surface area contributed by atoms with E-state index < -0.39 is 22.5 Å². The van der Waals surface area contributed by atoms with Crippen molar-refractivity contribution in [3.05, 3.63) is 46.4 Å². The normalized spacial score (nSPS) is 11.2. The molecule has 0 aliphatic rings. The Hall–Kier alpha value is -2.30. The van der Waals surface area contributed by atoms with E-state index in [9.17, 15) is 13.2 Å². The highest BCUT2D eigenvalue weighted by atomic mass is 79.9. The molecule has 0 saturated heterocycles. The maximum absolute atomic E-state index is 12.5. The van der Waals surface area contributed by atoms with Crippen LogP contribution in [0.3, 0.4) is 0 Å². The van der Waals surface area contributed by atoms with Crippen LogP contribution in [-0.4, -0.2) is 53.6 Å². The quantitative estimate of drug-likeness (QED) is 0.502. The third-order valence-electron chi connectivity index (χ3n) is 4.00. The smallest absolute Gasteiger partial charge is 0.321 e. The van der Waals surface area contributed by atoms with Gasteiger partial charge in [0, 0.05) is 11.5 Å². The van der Waals surface area contributed by atoms with Crippen LogP contribution in [0.1, 0.15) is 5.56 Å². The van der Waals surface area contributed by atoms with Crippen molar-refractivity contribution in [3.63, 3.8) is 0 Å². The first-order valence-corrected chi connectivity index (χ1v) is 10.6. The molecule has 10 heteroatoms. The number of rotatable bonds is 9. The lowest BCUT2D eigenvalue weighted by Crippen LogP contribution is -2.33. The molecule has 2 aromatic rings. The Morgan fingerprint density at radius 3 is 2.03 bits per heavy atom. The summed E-state index contributed by atoms with van der Waals surface area (Å²) < 4.78 is 47.8. The van der Waals surface area contributed by atoms with Crippen molar-refractivity contribution in [2.75, 3.05) is 34.9 Å². The van der Waals surface area contributed by atoms with Crippen molar-refractivity contribution in [2.45, 2.75) is 11.5 Å². The molecule has 0 bridgehead atoms. The lowest BCUT2D eigenvalue weighted by atomic mass is 10.2. The number of sulfonamides is 1. The molecule has 0 aliphatic heterocycles. The molecular weight excluding hydrogens is 466 g/mol. The fraction of sp³-hybridized carbons (Fsp3) is 0.316. The monoisotopic (exact) mass is 487 g/mol. The van der Waals surface area contributed by atoms with Gasteiger partial charge in [-0.25, -0.2) is 8.42 Å². The van der Waals surface area contributed by atoms with E-state index in [0.717, 1.165) is 8.78 Å². The van der Waals surface area contributed by atoms with Crippen molar-refractivity contribution in [1.29, 1.82) is 0 Å². The molecule has 29 heavy (non-hydrogen) atoms. The van der Waals surface area contributed by atoms with Gasteiger partial charge < -0.3 is 18.9 Å². The van der Waals surface area contributed by atoms with Gasteiger partial charge in [0.05, 0.1) is 26.2 Å². The highest BCUT2D eigenvalue weighted by Gasteiger charge is 2.23. The summed E-state index contributed by atoms with van der Waals surface area (Å²) in [6, 6.07) is 9.44. The molecule has 0 heterocycles. The Morgan fingerprint density at radius 1 is 1.00 bits per heavy atom. The zero-order chi connectivity index (χ0) is 21.6. The Morgan fingerprint density at radius 2 is 1.55 bits per heavy atom. The largest absolute Gasteiger partial charge is 0.493 e. The molecule has 8 nitrogen and oxygen atoms in total. The minimum absolute atomic E-state index is 0.0816. The van der Waals surface area contributed by atoms with E-state index in [1.807, 2.05) is 0 Å². The van der Waals surface area contributed by atoms with Crippen LogP contribution in [0.4, 0.5) is 0 Å². The number of ether oxygens (including phenoxy) is 4. The Labute approximate surface area is 178 Å². The summed E-state index contributed by atoms with van der Waals surface area (Å²) >= 11 is 3.25. The number of likely N-dealkylation sites (N-methyl/N-ethyl adjacent to an activating group) is 1. The van der Waals surface area contributed by atoms with Crippen molar-refractivity contribution in [3.8, 4) is 17.2 Å². The van der Waals surface area contributed by atoms with E-state index in [4.69, 9.17) is 18.9 Å². The number of hydrogen-bond acceptors (Lipinski definition) is 7.